The average Bonchev–Trinajstić information content (AvgIpc) is 2.57. The Bertz CT molecular complexity index is 474. The van der Waals surface area contributed by atoms with Gasteiger partial charge >= 0.3 is 0 Å². The van der Waals surface area contributed by atoms with Gasteiger partial charge in [-0.3, -0.25) is 0 Å². The van der Waals surface area contributed by atoms with Crippen LogP contribution in [0.1, 0.15) is 25.3 Å². The van der Waals surface area contributed by atoms with Gasteiger partial charge in [0.15, 0.2) is 5.76 Å². The van der Waals surface area contributed by atoms with Crippen molar-refractivity contribution in [2.45, 2.75) is 32.6 Å². The molecule has 0 aliphatic carbocycles. The first-order valence-corrected chi connectivity index (χ1v) is 7.78. The molecule has 98 valence electrons. The topological polar surface area (TPSA) is 72.2 Å². The van der Waals surface area contributed by atoms with Crippen LogP contribution in [0.3, 0.4) is 0 Å². The van der Waals surface area contributed by atoms with Crippen LogP contribution in [0.15, 0.2) is 9.42 Å². The molecule has 0 amide bonds. The number of hydrogen-bond donors (Lipinski definition) is 1. The van der Waals surface area contributed by atoms with Crippen LogP contribution in [-0.4, -0.2) is 25.4 Å². The zero-order valence-corrected chi connectivity index (χ0v) is 12.8. The quantitative estimate of drug-likeness (QED) is 0.841. The fourth-order valence-corrected chi connectivity index (χ4v) is 3.03. The van der Waals surface area contributed by atoms with E-state index in [9.17, 15) is 8.42 Å². The highest BCUT2D eigenvalue weighted by Crippen LogP contribution is 2.21. The summed E-state index contributed by atoms with van der Waals surface area (Å²) in [5.41, 5.74) is 0.234. The number of aromatic nitrogens is 1. The highest BCUT2D eigenvalue weighted by molar-refractivity contribution is 9.09. The Morgan fingerprint density at radius 3 is 2.41 bits per heavy atom. The molecule has 0 saturated carbocycles. The van der Waals surface area contributed by atoms with E-state index in [4.69, 9.17) is 4.52 Å². The predicted octanol–water partition coefficient (Wildman–Crippen LogP) is 1.99. The van der Waals surface area contributed by atoms with Gasteiger partial charge in [-0.15, -0.1) is 0 Å². The van der Waals surface area contributed by atoms with E-state index in [-0.39, 0.29) is 10.3 Å². The largest absolute Gasteiger partial charge is 0.360 e. The Morgan fingerprint density at radius 1 is 1.41 bits per heavy atom. The number of nitrogens with one attached hydrogen (secondary N) is 1. The van der Waals surface area contributed by atoms with E-state index in [2.05, 4.69) is 25.8 Å². The fraction of sp³-hybridized carbons (Fsp3) is 0.700. The van der Waals surface area contributed by atoms with Gasteiger partial charge < -0.3 is 4.52 Å². The van der Waals surface area contributed by atoms with Gasteiger partial charge in [0.25, 0.3) is 0 Å². The van der Waals surface area contributed by atoms with Crippen LogP contribution >= 0.6 is 15.9 Å². The monoisotopic (exact) mass is 324 g/mol. The number of alkyl halides is 1. The fourth-order valence-electron chi connectivity index (χ4n) is 1.27. The van der Waals surface area contributed by atoms with E-state index in [0.717, 1.165) is 0 Å². The minimum Gasteiger partial charge on any atom is -0.360 e. The summed E-state index contributed by atoms with van der Waals surface area (Å²) < 4.78 is 31.6. The Hall–Kier alpha value is -0.400. The summed E-state index contributed by atoms with van der Waals surface area (Å²) >= 11 is 3.35. The summed E-state index contributed by atoms with van der Waals surface area (Å²) in [6.07, 6.45) is 0. The van der Waals surface area contributed by atoms with Crippen molar-refractivity contribution in [2.24, 2.45) is 5.41 Å². The maximum atomic E-state index is 12.1. The van der Waals surface area contributed by atoms with Gasteiger partial charge in [0.1, 0.15) is 10.6 Å². The van der Waals surface area contributed by atoms with Crippen molar-refractivity contribution in [3.05, 3.63) is 11.5 Å². The third kappa shape index (κ3) is 3.53. The molecule has 0 spiro atoms. The lowest BCUT2D eigenvalue weighted by Crippen LogP contribution is -2.35. The van der Waals surface area contributed by atoms with Gasteiger partial charge in [-0.25, -0.2) is 13.1 Å². The second kappa shape index (κ2) is 5.07. The van der Waals surface area contributed by atoms with E-state index in [1.54, 1.807) is 13.8 Å². The minimum atomic E-state index is -3.55. The lowest BCUT2D eigenvalue weighted by atomic mass is 9.98. The average molecular weight is 325 g/mol. The first-order chi connectivity index (χ1) is 7.69. The first-order valence-electron chi connectivity index (χ1n) is 5.18. The molecule has 0 saturated heterocycles. The molecule has 1 aromatic heterocycles. The summed E-state index contributed by atoms with van der Waals surface area (Å²) in [7, 11) is -3.55. The molecule has 1 rings (SSSR count). The summed E-state index contributed by atoms with van der Waals surface area (Å²) in [4.78, 5) is 0.142. The van der Waals surface area contributed by atoms with E-state index < -0.39 is 10.0 Å². The Morgan fingerprint density at radius 2 is 2.00 bits per heavy atom. The normalized spacial score (nSPS) is 13.0. The van der Waals surface area contributed by atoms with Crippen molar-refractivity contribution in [3.63, 3.8) is 0 Å². The van der Waals surface area contributed by atoms with Crippen molar-refractivity contribution in [3.8, 4) is 0 Å². The zero-order valence-electron chi connectivity index (χ0n) is 10.4. The molecule has 5 nitrogen and oxygen atoms in total. The summed E-state index contributed by atoms with van der Waals surface area (Å²) in [6, 6.07) is 0. The molecular formula is C10H17BrN2O3S. The van der Waals surface area contributed by atoms with Gasteiger partial charge in [0.2, 0.25) is 10.0 Å². The molecule has 0 unspecified atom stereocenters. The van der Waals surface area contributed by atoms with Gasteiger partial charge in [0.05, 0.1) is 0 Å². The van der Waals surface area contributed by atoms with Crippen molar-refractivity contribution in [1.29, 1.82) is 0 Å². The third-order valence-electron chi connectivity index (χ3n) is 2.34. The number of nitrogens with zero attached hydrogens (tertiary/aromatic N) is 1. The number of rotatable bonds is 5. The molecule has 0 aliphatic rings. The molecular weight excluding hydrogens is 308 g/mol. The summed E-state index contributed by atoms with van der Waals surface area (Å²) in [6.45, 7) is 7.49. The molecule has 1 aromatic rings. The number of halogens is 1. The van der Waals surface area contributed by atoms with E-state index >= 15 is 0 Å². The van der Waals surface area contributed by atoms with Gasteiger partial charge in [-0.05, 0) is 19.3 Å². The summed E-state index contributed by atoms with van der Waals surface area (Å²) in [5, 5.41) is 4.36. The van der Waals surface area contributed by atoms with Gasteiger partial charge in [0, 0.05) is 11.9 Å². The molecule has 1 N–H and O–H groups in total. The van der Waals surface area contributed by atoms with E-state index in [0.29, 0.717) is 23.3 Å². The third-order valence-corrected chi connectivity index (χ3v) is 5.50. The molecule has 1 heterocycles. The molecule has 0 fully saturated rings. The van der Waals surface area contributed by atoms with Crippen LogP contribution in [0, 0.1) is 19.3 Å². The van der Waals surface area contributed by atoms with Crippen LogP contribution in [0.4, 0.5) is 0 Å². The molecule has 0 atom stereocenters. The van der Waals surface area contributed by atoms with Crippen LogP contribution in [0.25, 0.3) is 0 Å². The second-order valence-electron chi connectivity index (χ2n) is 4.78. The molecule has 7 heteroatoms. The SMILES string of the molecule is Cc1noc(C)c1S(=O)(=O)NCC(C)(C)CBr. The van der Waals surface area contributed by atoms with Gasteiger partial charge in [-0.2, -0.15) is 0 Å². The predicted molar refractivity (Wildman–Crippen MR) is 68.7 cm³/mol. The number of hydrogen-bond acceptors (Lipinski definition) is 4. The number of aryl methyl sites for hydroxylation is 2. The molecule has 0 bridgehead atoms. The van der Waals surface area contributed by atoms with E-state index in [1.807, 2.05) is 13.8 Å². The molecule has 0 aliphatic heterocycles. The van der Waals surface area contributed by atoms with Crippen molar-refractivity contribution >= 4 is 26.0 Å². The molecule has 0 aromatic carbocycles. The van der Waals surface area contributed by atoms with E-state index in [1.165, 1.54) is 0 Å². The highest BCUT2D eigenvalue weighted by Gasteiger charge is 2.26. The first kappa shape index (κ1) is 14.7. The maximum Gasteiger partial charge on any atom is 0.245 e. The van der Waals surface area contributed by atoms with Gasteiger partial charge in [-0.1, -0.05) is 34.9 Å². The zero-order chi connectivity index (χ0) is 13.3. The van der Waals surface area contributed by atoms with Crippen LogP contribution < -0.4 is 4.72 Å². The van der Waals surface area contributed by atoms with Crippen molar-refractivity contribution < 1.29 is 12.9 Å². The van der Waals surface area contributed by atoms with Crippen LogP contribution in [-0.2, 0) is 10.0 Å². The maximum absolute atomic E-state index is 12.1. The Balaban J connectivity index is 2.91. The lowest BCUT2D eigenvalue weighted by molar-refractivity contribution is 0.390. The Kier molecular flexibility index (Phi) is 4.38. The number of sulfonamides is 1. The summed E-state index contributed by atoms with van der Waals surface area (Å²) in [5.74, 6) is 0.312. The smallest absolute Gasteiger partial charge is 0.245 e. The molecule has 17 heavy (non-hydrogen) atoms. The minimum absolute atomic E-state index is 0.142. The lowest BCUT2D eigenvalue weighted by Gasteiger charge is -2.21. The van der Waals surface area contributed by atoms with Crippen molar-refractivity contribution in [2.75, 3.05) is 11.9 Å². The van der Waals surface area contributed by atoms with Crippen LogP contribution in [0.2, 0.25) is 0 Å². The second-order valence-corrected chi connectivity index (χ2v) is 7.04. The Labute approximate surface area is 110 Å². The highest BCUT2D eigenvalue weighted by atomic mass is 79.9. The molecule has 0 radical (unpaired) electrons. The van der Waals surface area contributed by atoms with Crippen LogP contribution in [0.5, 0.6) is 0 Å². The van der Waals surface area contributed by atoms with Crippen molar-refractivity contribution in [1.82, 2.24) is 9.88 Å². The standard InChI is InChI=1S/C10H17BrN2O3S/c1-7-9(8(2)16-13-7)17(14,15)12-6-10(3,4)5-11/h12H,5-6H2,1-4H3.